The third kappa shape index (κ3) is 1.49. The van der Waals surface area contributed by atoms with E-state index in [1.54, 1.807) is 12.1 Å². The van der Waals surface area contributed by atoms with E-state index in [1.807, 2.05) is 20.8 Å². The van der Waals surface area contributed by atoms with Gasteiger partial charge in [-0.25, -0.2) is 0 Å². The van der Waals surface area contributed by atoms with Gasteiger partial charge in [-0.05, 0) is 6.07 Å². The lowest BCUT2D eigenvalue weighted by molar-refractivity contribution is 0.154. The Morgan fingerprint density at radius 3 is 2.33 bits per heavy atom. The highest BCUT2D eigenvalue weighted by Gasteiger charge is 2.17. The van der Waals surface area contributed by atoms with Crippen molar-refractivity contribution in [3.63, 3.8) is 0 Å². The van der Waals surface area contributed by atoms with Gasteiger partial charge in [0.15, 0.2) is 0 Å². The van der Waals surface area contributed by atoms with Crippen molar-refractivity contribution in [1.82, 2.24) is 4.73 Å². The standard InChI is InChI=1S/C9H13NO2/c1-9(2,3)7-5-4-6-8(11)10(7)12/h4-6,12H,1-3H3. The monoisotopic (exact) mass is 167 g/mol. The molecule has 0 aliphatic heterocycles. The van der Waals surface area contributed by atoms with Gasteiger partial charge < -0.3 is 5.21 Å². The lowest BCUT2D eigenvalue weighted by atomic mass is 9.92. The van der Waals surface area contributed by atoms with Gasteiger partial charge in [-0.3, -0.25) is 4.79 Å². The van der Waals surface area contributed by atoms with E-state index in [-0.39, 0.29) is 11.0 Å². The molecule has 0 bridgehead atoms. The van der Waals surface area contributed by atoms with Gasteiger partial charge in [-0.15, -0.1) is 0 Å². The molecule has 0 aromatic carbocycles. The number of hydrogen-bond acceptors (Lipinski definition) is 2. The summed E-state index contributed by atoms with van der Waals surface area (Å²) >= 11 is 0. The van der Waals surface area contributed by atoms with E-state index in [2.05, 4.69) is 0 Å². The van der Waals surface area contributed by atoms with Crippen molar-refractivity contribution in [2.45, 2.75) is 26.2 Å². The zero-order chi connectivity index (χ0) is 9.35. The molecule has 1 aromatic rings. The summed E-state index contributed by atoms with van der Waals surface area (Å²) in [6, 6.07) is 4.71. The Morgan fingerprint density at radius 1 is 1.33 bits per heavy atom. The number of pyridine rings is 1. The van der Waals surface area contributed by atoms with Gasteiger partial charge in [0.2, 0.25) is 0 Å². The predicted molar refractivity (Wildman–Crippen MR) is 46.6 cm³/mol. The largest absolute Gasteiger partial charge is 0.425 e. The van der Waals surface area contributed by atoms with Crippen LogP contribution in [0.5, 0.6) is 0 Å². The van der Waals surface area contributed by atoms with Crippen LogP contribution in [0.4, 0.5) is 0 Å². The van der Waals surface area contributed by atoms with E-state index >= 15 is 0 Å². The minimum Gasteiger partial charge on any atom is -0.425 e. The fourth-order valence-electron chi connectivity index (χ4n) is 1.05. The van der Waals surface area contributed by atoms with Crippen LogP contribution in [-0.2, 0) is 5.41 Å². The normalized spacial score (nSPS) is 11.6. The molecule has 3 heteroatoms. The SMILES string of the molecule is CC(C)(C)c1cccc(=O)n1O. The second-order valence-electron chi connectivity index (χ2n) is 3.81. The first-order chi connectivity index (χ1) is 5.43. The molecule has 0 unspecified atom stereocenters. The smallest absolute Gasteiger partial charge is 0.283 e. The van der Waals surface area contributed by atoms with Crippen LogP contribution in [0.15, 0.2) is 23.0 Å². The van der Waals surface area contributed by atoms with Crippen LogP contribution < -0.4 is 5.56 Å². The summed E-state index contributed by atoms with van der Waals surface area (Å²) in [4.78, 5) is 11.0. The van der Waals surface area contributed by atoms with Crippen LogP contribution in [0.25, 0.3) is 0 Å². The highest BCUT2D eigenvalue weighted by atomic mass is 16.5. The quantitative estimate of drug-likeness (QED) is 0.593. The molecule has 12 heavy (non-hydrogen) atoms. The average molecular weight is 167 g/mol. The fraction of sp³-hybridized carbons (Fsp3) is 0.444. The Morgan fingerprint density at radius 2 is 1.92 bits per heavy atom. The van der Waals surface area contributed by atoms with Gasteiger partial charge in [0, 0.05) is 11.5 Å². The molecule has 0 radical (unpaired) electrons. The second-order valence-corrected chi connectivity index (χ2v) is 3.81. The van der Waals surface area contributed by atoms with Crippen LogP contribution in [0.2, 0.25) is 0 Å². The molecular weight excluding hydrogens is 154 g/mol. The van der Waals surface area contributed by atoms with E-state index in [4.69, 9.17) is 0 Å². The van der Waals surface area contributed by atoms with Crippen LogP contribution in [0.1, 0.15) is 26.5 Å². The van der Waals surface area contributed by atoms with Crippen molar-refractivity contribution < 1.29 is 5.21 Å². The molecule has 1 rings (SSSR count). The summed E-state index contributed by atoms with van der Waals surface area (Å²) in [5.74, 6) is 0. The lowest BCUT2D eigenvalue weighted by Crippen LogP contribution is -2.27. The van der Waals surface area contributed by atoms with Gasteiger partial charge in [-0.2, -0.15) is 4.73 Å². The molecule has 1 aromatic heterocycles. The highest BCUT2D eigenvalue weighted by molar-refractivity contribution is 5.13. The Bertz CT molecular complexity index is 333. The van der Waals surface area contributed by atoms with Crippen molar-refractivity contribution in [3.05, 3.63) is 34.2 Å². The molecule has 0 saturated heterocycles. The number of aromatic nitrogens is 1. The Hall–Kier alpha value is -1.25. The van der Waals surface area contributed by atoms with Crippen molar-refractivity contribution in [2.24, 2.45) is 0 Å². The van der Waals surface area contributed by atoms with Crippen molar-refractivity contribution in [2.75, 3.05) is 0 Å². The van der Waals surface area contributed by atoms with E-state index in [0.717, 1.165) is 0 Å². The van der Waals surface area contributed by atoms with Gasteiger partial charge in [-0.1, -0.05) is 26.8 Å². The third-order valence-corrected chi connectivity index (χ3v) is 1.70. The Labute approximate surface area is 71.2 Å². The molecule has 66 valence electrons. The Kier molecular flexibility index (Phi) is 1.96. The summed E-state index contributed by atoms with van der Waals surface area (Å²) in [5.41, 5.74) is 0.0206. The van der Waals surface area contributed by atoms with Gasteiger partial charge in [0.1, 0.15) is 0 Å². The van der Waals surface area contributed by atoms with Crippen LogP contribution >= 0.6 is 0 Å². The highest BCUT2D eigenvalue weighted by Crippen LogP contribution is 2.19. The number of rotatable bonds is 0. The fourth-order valence-corrected chi connectivity index (χ4v) is 1.05. The zero-order valence-corrected chi connectivity index (χ0v) is 7.53. The molecule has 0 aliphatic carbocycles. The van der Waals surface area contributed by atoms with E-state index in [9.17, 15) is 10.0 Å². The molecule has 0 aliphatic rings. The molecule has 0 amide bonds. The van der Waals surface area contributed by atoms with Crippen molar-refractivity contribution in [1.29, 1.82) is 0 Å². The van der Waals surface area contributed by atoms with Crippen molar-refractivity contribution >= 4 is 0 Å². The minimum absolute atomic E-state index is 0.213. The number of hydrogen-bond donors (Lipinski definition) is 1. The summed E-state index contributed by atoms with van der Waals surface area (Å²) in [6.45, 7) is 5.82. The number of nitrogens with zero attached hydrogens (tertiary/aromatic N) is 1. The van der Waals surface area contributed by atoms with Crippen LogP contribution in [-0.4, -0.2) is 9.94 Å². The molecule has 0 fully saturated rings. The van der Waals surface area contributed by atoms with Gasteiger partial charge >= 0.3 is 0 Å². The summed E-state index contributed by atoms with van der Waals surface area (Å²) < 4.78 is 0.694. The molecule has 1 heterocycles. The minimum atomic E-state index is -0.387. The van der Waals surface area contributed by atoms with Crippen LogP contribution in [0.3, 0.4) is 0 Å². The van der Waals surface area contributed by atoms with Crippen LogP contribution in [0, 0.1) is 0 Å². The molecule has 0 atom stereocenters. The first-order valence-corrected chi connectivity index (χ1v) is 3.85. The molecule has 0 saturated carbocycles. The third-order valence-electron chi connectivity index (χ3n) is 1.70. The second kappa shape index (κ2) is 2.66. The maximum atomic E-state index is 11.0. The van der Waals surface area contributed by atoms with E-state index < -0.39 is 0 Å². The predicted octanol–water partition coefficient (Wildman–Crippen LogP) is 1.38. The van der Waals surface area contributed by atoms with Gasteiger partial charge in [0.05, 0.1) is 5.69 Å². The van der Waals surface area contributed by atoms with Gasteiger partial charge in [0.25, 0.3) is 5.56 Å². The first-order valence-electron chi connectivity index (χ1n) is 3.85. The maximum absolute atomic E-state index is 11.0. The lowest BCUT2D eigenvalue weighted by Gasteiger charge is -2.19. The summed E-state index contributed by atoms with van der Waals surface area (Å²) in [7, 11) is 0. The molecule has 0 spiro atoms. The topological polar surface area (TPSA) is 42.2 Å². The molecular formula is C9H13NO2. The first kappa shape index (κ1) is 8.84. The average Bonchev–Trinajstić information content (AvgIpc) is 1.92. The maximum Gasteiger partial charge on any atom is 0.283 e. The molecule has 1 N–H and O–H groups in total. The Balaban J connectivity index is 3.36. The van der Waals surface area contributed by atoms with E-state index in [1.165, 1.54) is 6.07 Å². The molecule has 3 nitrogen and oxygen atoms in total. The summed E-state index contributed by atoms with van der Waals surface area (Å²) in [6.07, 6.45) is 0. The van der Waals surface area contributed by atoms with Crippen molar-refractivity contribution in [3.8, 4) is 0 Å². The zero-order valence-electron chi connectivity index (χ0n) is 7.53. The summed E-state index contributed by atoms with van der Waals surface area (Å²) in [5, 5.41) is 9.34. The van der Waals surface area contributed by atoms with E-state index in [0.29, 0.717) is 10.4 Å².